The Morgan fingerprint density at radius 2 is 2.00 bits per heavy atom. The summed E-state index contributed by atoms with van der Waals surface area (Å²) in [6.45, 7) is 11.1. The van der Waals surface area contributed by atoms with E-state index in [9.17, 15) is 4.79 Å². The van der Waals surface area contributed by atoms with Gasteiger partial charge in [-0.2, -0.15) is 0 Å². The van der Waals surface area contributed by atoms with Gasteiger partial charge in [0.05, 0.1) is 19.4 Å². The van der Waals surface area contributed by atoms with Crippen LogP contribution in [-0.4, -0.2) is 48.2 Å². The predicted molar refractivity (Wildman–Crippen MR) is 107 cm³/mol. The number of rotatable bonds is 6. The Hall–Kier alpha value is -1.74. The van der Waals surface area contributed by atoms with E-state index in [-0.39, 0.29) is 17.5 Å². The summed E-state index contributed by atoms with van der Waals surface area (Å²) in [4.78, 5) is 22.0. The second kappa shape index (κ2) is 8.10. The van der Waals surface area contributed by atoms with Crippen LogP contribution in [0.25, 0.3) is 5.69 Å². The van der Waals surface area contributed by atoms with Gasteiger partial charge in [0.15, 0.2) is 14.1 Å². The highest BCUT2D eigenvalue weighted by atomic mass is 35.5. The number of carbonyl (C=O) groups excluding carboxylic acids is 1. The van der Waals surface area contributed by atoms with Gasteiger partial charge in [0.2, 0.25) is 5.82 Å². The fourth-order valence-corrected chi connectivity index (χ4v) is 3.13. The SMILES string of the molecule is CON(C)C(=O)c1nc(CO[Si](C)(C)C(C)(C)C)nn1-c1cccc(Cl)c1. The molecular formula is C18H27ClN4O3Si. The number of aromatic nitrogens is 3. The van der Waals surface area contributed by atoms with E-state index in [1.54, 1.807) is 18.2 Å². The van der Waals surface area contributed by atoms with Crippen LogP contribution in [-0.2, 0) is 15.9 Å². The van der Waals surface area contributed by atoms with E-state index in [1.165, 1.54) is 18.8 Å². The average molecular weight is 411 g/mol. The number of hydrogen-bond donors (Lipinski definition) is 0. The van der Waals surface area contributed by atoms with Crippen molar-refractivity contribution < 1.29 is 14.1 Å². The molecule has 1 heterocycles. The maximum Gasteiger partial charge on any atom is 0.315 e. The van der Waals surface area contributed by atoms with Gasteiger partial charge in [0.25, 0.3) is 0 Å². The molecule has 0 aliphatic rings. The molecule has 2 rings (SSSR count). The van der Waals surface area contributed by atoms with Crippen molar-refractivity contribution in [2.75, 3.05) is 14.2 Å². The fourth-order valence-electron chi connectivity index (χ4n) is 2.03. The lowest BCUT2D eigenvalue weighted by atomic mass is 10.2. The summed E-state index contributed by atoms with van der Waals surface area (Å²) in [6.07, 6.45) is 0. The summed E-state index contributed by atoms with van der Waals surface area (Å²) in [5.74, 6) is 0.159. The number of benzene rings is 1. The van der Waals surface area contributed by atoms with Crippen LogP contribution < -0.4 is 0 Å². The molecule has 0 spiro atoms. The molecule has 0 unspecified atom stereocenters. The normalized spacial score (nSPS) is 12.3. The largest absolute Gasteiger partial charge is 0.409 e. The third-order valence-corrected chi connectivity index (χ3v) is 9.54. The molecule has 0 fully saturated rings. The van der Waals surface area contributed by atoms with Crippen molar-refractivity contribution in [1.82, 2.24) is 19.8 Å². The van der Waals surface area contributed by atoms with Crippen LogP contribution in [0.15, 0.2) is 24.3 Å². The van der Waals surface area contributed by atoms with Crippen molar-refractivity contribution in [2.24, 2.45) is 0 Å². The van der Waals surface area contributed by atoms with Gasteiger partial charge in [-0.1, -0.05) is 38.4 Å². The Morgan fingerprint density at radius 3 is 2.56 bits per heavy atom. The number of hydrogen-bond acceptors (Lipinski definition) is 5. The third-order valence-electron chi connectivity index (χ3n) is 4.82. The zero-order chi connectivity index (χ0) is 20.4. The minimum Gasteiger partial charge on any atom is -0.409 e. The van der Waals surface area contributed by atoms with Gasteiger partial charge in [0, 0.05) is 12.1 Å². The summed E-state index contributed by atoms with van der Waals surface area (Å²) < 4.78 is 7.66. The van der Waals surface area contributed by atoms with Crippen LogP contribution in [0.4, 0.5) is 0 Å². The molecule has 0 aliphatic carbocycles. The summed E-state index contributed by atoms with van der Waals surface area (Å²) in [5.41, 5.74) is 0.640. The Labute approximate surface area is 166 Å². The number of hydroxylamine groups is 2. The standard InChI is InChI=1S/C18H27ClN4O3Si/c1-18(2,3)27(6,7)26-12-15-20-16(17(24)22(4)25-5)23(21-15)14-10-8-9-13(19)11-14/h8-11H,12H2,1-7H3. The minimum atomic E-state index is -1.97. The fraction of sp³-hybridized carbons (Fsp3) is 0.500. The molecule has 27 heavy (non-hydrogen) atoms. The van der Waals surface area contributed by atoms with Gasteiger partial charge < -0.3 is 4.43 Å². The molecule has 0 aliphatic heterocycles. The molecule has 0 atom stereocenters. The maximum absolute atomic E-state index is 12.6. The maximum atomic E-state index is 12.6. The molecule has 1 aromatic carbocycles. The van der Waals surface area contributed by atoms with E-state index in [0.29, 0.717) is 16.5 Å². The number of carbonyl (C=O) groups is 1. The number of amides is 1. The van der Waals surface area contributed by atoms with Crippen LogP contribution >= 0.6 is 11.6 Å². The topological polar surface area (TPSA) is 69.5 Å². The molecule has 0 saturated carbocycles. The molecule has 7 nitrogen and oxygen atoms in total. The van der Waals surface area contributed by atoms with Gasteiger partial charge in [-0.05, 0) is 36.3 Å². The summed E-state index contributed by atoms with van der Waals surface area (Å²) in [6, 6.07) is 7.08. The highest BCUT2D eigenvalue weighted by Gasteiger charge is 2.37. The Morgan fingerprint density at radius 1 is 1.33 bits per heavy atom. The second-order valence-corrected chi connectivity index (χ2v) is 13.0. The number of nitrogens with zero attached hydrogens (tertiary/aromatic N) is 4. The van der Waals surface area contributed by atoms with Crippen molar-refractivity contribution in [3.63, 3.8) is 0 Å². The Bertz CT molecular complexity index is 817. The Kier molecular flexibility index (Phi) is 6.46. The number of halogens is 1. The van der Waals surface area contributed by atoms with Crippen molar-refractivity contribution in [2.45, 2.75) is 45.5 Å². The monoisotopic (exact) mass is 410 g/mol. The molecule has 2 aromatic rings. The average Bonchev–Trinajstić information content (AvgIpc) is 3.02. The first-order chi connectivity index (χ1) is 12.5. The van der Waals surface area contributed by atoms with Crippen molar-refractivity contribution in [3.05, 3.63) is 40.9 Å². The van der Waals surface area contributed by atoms with Crippen molar-refractivity contribution >= 4 is 25.8 Å². The highest BCUT2D eigenvalue weighted by Crippen LogP contribution is 2.36. The predicted octanol–water partition coefficient (Wildman–Crippen LogP) is 4.08. The van der Waals surface area contributed by atoms with Gasteiger partial charge in [-0.15, -0.1) is 5.10 Å². The van der Waals surface area contributed by atoms with E-state index >= 15 is 0 Å². The first-order valence-electron chi connectivity index (χ1n) is 8.64. The summed E-state index contributed by atoms with van der Waals surface area (Å²) in [7, 11) is 0.965. The minimum absolute atomic E-state index is 0.0669. The first-order valence-corrected chi connectivity index (χ1v) is 11.9. The molecule has 1 amide bonds. The van der Waals surface area contributed by atoms with E-state index in [4.69, 9.17) is 20.9 Å². The van der Waals surface area contributed by atoms with E-state index in [0.717, 1.165) is 5.06 Å². The van der Waals surface area contributed by atoms with Crippen LogP contribution in [0.3, 0.4) is 0 Å². The highest BCUT2D eigenvalue weighted by molar-refractivity contribution is 6.74. The quantitative estimate of drug-likeness (QED) is 0.530. The molecule has 0 N–H and O–H groups in total. The molecule has 1 aromatic heterocycles. The van der Waals surface area contributed by atoms with Crippen LogP contribution in [0.5, 0.6) is 0 Å². The van der Waals surface area contributed by atoms with E-state index < -0.39 is 14.2 Å². The lowest BCUT2D eigenvalue weighted by Crippen LogP contribution is -2.40. The lowest BCUT2D eigenvalue weighted by molar-refractivity contribution is -0.0765. The zero-order valence-corrected chi connectivity index (χ0v) is 18.7. The smallest absolute Gasteiger partial charge is 0.315 e. The molecule has 0 bridgehead atoms. The summed E-state index contributed by atoms with van der Waals surface area (Å²) in [5, 5.41) is 6.20. The van der Waals surface area contributed by atoms with Gasteiger partial charge in [-0.3, -0.25) is 9.63 Å². The van der Waals surface area contributed by atoms with E-state index in [2.05, 4.69) is 43.9 Å². The molecular weight excluding hydrogens is 384 g/mol. The summed E-state index contributed by atoms with van der Waals surface area (Å²) >= 11 is 6.09. The molecule has 0 radical (unpaired) electrons. The van der Waals surface area contributed by atoms with Crippen LogP contribution in [0.1, 0.15) is 37.2 Å². The lowest BCUT2D eigenvalue weighted by Gasteiger charge is -2.35. The zero-order valence-electron chi connectivity index (χ0n) is 16.9. The van der Waals surface area contributed by atoms with Crippen molar-refractivity contribution in [1.29, 1.82) is 0 Å². The molecule has 9 heteroatoms. The van der Waals surface area contributed by atoms with Gasteiger partial charge >= 0.3 is 5.91 Å². The van der Waals surface area contributed by atoms with Crippen LogP contribution in [0.2, 0.25) is 23.2 Å². The Balaban J connectivity index is 2.39. The van der Waals surface area contributed by atoms with Gasteiger partial charge in [0.1, 0.15) is 0 Å². The van der Waals surface area contributed by atoms with Gasteiger partial charge in [-0.25, -0.2) is 14.7 Å². The second-order valence-electron chi connectivity index (χ2n) is 7.78. The van der Waals surface area contributed by atoms with Crippen molar-refractivity contribution in [3.8, 4) is 5.69 Å². The molecule has 148 valence electrons. The van der Waals surface area contributed by atoms with E-state index in [1.807, 2.05) is 6.07 Å². The van der Waals surface area contributed by atoms with Crippen LogP contribution in [0, 0.1) is 0 Å². The first kappa shape index (κ1) is 21.6. The molecule has 0 saturated heterocycles. The third kappa shape index (κ3) is 4.95.